The van der Waals surface area contributed by atoms with E-state index in [-0.39, 0.29) is 23.4 Å². The van der Waals surface area contributed by atoms with Crippen molar-refractivity contribution in [2.24, 2.45) is 0 Å². The number of hydrogen-bond donors (Lipinski definition) is 1. The summed E-state index contributed by atoms with van der Waals surface area (Å²) in [6, 6.07) is 6.64. The number of aliphatic hydroxyl groups is 1. The van der Waals surface area contributed by atoms with Crippen LogP contribution >= 0.6 is 0 Å². The number of anilines is 1. The lowest BCUT2D eigenvalue weighted by Crippen LogP contribution is -2.31. The van der Waals surface area contributed by atoms with Gasteiger partial charge in [-0.1, -0.05) is 12.1 Å². The molecular formula is C21H17F4NO4. The zero-order chi connectivity index (χ0) is 22.2. The fourth-order valence-electron chi connectivity index (χ4n) is 3.14. The first kappa shape index (κ1) is 21.4. The second kappa shape index (κ2) is 7.81. The lowest BCUT2D eigenvalue weighted by atomic mass is 10.0. The van der Waals surface area contributed by atoms with Gasteiger partial charge in [-0.3, -0.25) is 4.79 Å². The quantitative estimate of drug-likeness (QED) is 0.582. The number of ether oxygens (including phenoxy) is 1. The van der Waals surface area contributed by atoms with E-state index in [1.165, 1.54) is 12.1 Å². The maximum atomic E-state index is 13.9. The van der Waals surface area contributed by atoms with Crippen LogP contribution in [0.25, 0.3) is 5.76 Å². The maximum absolute atomic E-state index is 13.9. The van der Waals surface area contributed by atoms with Gasteiger partial charge in [0.25, 0.3) is 0 Å². The fraction of sp³-hybridized carbons (Fsp3) is 0.238. The average molecular weight is 423 g/mol. The molecule has 2 aromatic carbocycles. The van der Waals surface area contributed by atoms with E-state index in [0.29, 0.717) is 17.2 Å². The van der Waals surface area contributed by atoms with Gasteiger partial charge in [-0.25, -0.2) is 9.18 Å². The van der Waals surface area contributed by atoms with E-state index in [0.717, 1.165) is 24.1 Å². The van der Waals surface area contributed by atoms with Crippen molar-refractivity contribution in [1.29, 1.82) is 0 Å². The maximum Gasteiger partial charge on any atom is 0.416 e. The Bertz CT molecular complexity index is 1060. The van der Waals surface area contributed by atoms with Crippen LogP contribution in [0.15, 0.2) is 42.0 Å². The van der Waals surface area contributed by atoms with Crippen LogP contribution in [0.1, 0.15) is 28.7 Å². The molecule has 158 valence electrons. The number of halogens is 4. The van der Waals surface area contributed by atoms with Crippen molar-refractivity contribution >= 4 is 23.3 Å². The molecule has 0 spiro atoms. The highest BCUT2D eigenvalue weighted by Crippen LogP contribution is 2.39. The molecule has 0 saturated carbocycles. The van der Waals surface area contributed by atoms with Gasteiger partial charge in [0.15, 0.2) is 0 Å². The first-order valence-corrected chi connectivity index (χ1v) is 8.80. The summed E-state index contributed by atoms with van der Waals surface area (Å²) in [6.07, 6.45) is -5.29. The van der Waals surface area contributed by atoms with E-state index in [9.17, 15) is 32.3 Å². The van der Waals surface area contributed by atoms with Gasteiger partial charge < -0.3 is 14.7 Å². The summed E-state index contributed by atoms with van der Waals surface area (Å²) in [5, 5.41) is 10.5. The molecule has 0 unspecified atom stereocenters. The second-order valence-electron chi connectivity index (χ2n) is 6.79. The van der Waals surface area contributed by atoms with E-state index >= 15 is 0 Å². The highest BCUT2D eigenvalue weighted by atomic mass is 19.4. The summed E-state index contributed by atoms with van der Waals surface area (Å²) in [5.74, 6) is -2.90. The van der Waals surface area contributed by atoms with Crippen molar-refractivity contribution in [3.63, 3.8) is 0 Å². The standard InChI is InChI=1S/C21H17F4NO4/c1-11-3-4-12(7-16(11)22)10-26-17-8-13(21(23,24)25)5-6-14(17)19(28)15(9-18(26)27)20(29)30-2/h3-8,28H,9-10H2,1-2H3. The lowest BCUT2D eigenvalue weighted by molar-refractivity contribution is -0.138. The number of hydrogen-bond acceptors (Lipinski definition) is 4. The van der Waals surface area contributed by atoms with Crippen LogP contribution in [-0.2, 0) is 27.0 Å². The molecule has 0 aromatic heterocycles. The van der Waals surface area contributed by atoms with Gasteiger partial charge in [0.2, 0.25) is 5.91 Å². The number of rotatable bonds is 3. The SMILES string of the molecule is COC(=O)C1=C(O)c2ccc(C(F)(F)F)cc2N(Cc2ccc(C)c(F)c2)C(=O)C1. The molecule has 1 aliphatic rings. The van der Waals surface area contributed by atoms with Crippen molar-refractivity contribution in [1.82, 2.24) is 0 Å². The number of aliphatic hydroxyl groups excluding tert-OH is 1. The van der Waals surface area contributed by atoms with Gasteiger partial charge in [0.1, 0.15) is 11.6 Å². The van der Waals surface area contributed by atoms with Crippen LogP contribution in [0.4, 0.5) is 23.2 Å². The molecule has 0 bridgehead atoms. The third kappa shape index (κ3) is 4.00. The highest BCUT2D eigenvalue weighted by molar-refractivity contribution is 6.09. The van der Waals surface area contributed by atoms with Gasteiger partial charge in [-0.15, -0.1) is 0 Å². The van der Waals surface area contributed by atoms with Crippen LogP contribution in [0, 0.1) is 12.7 Å². The van der Waals surface area contributed by atoms with Crippen molar-refractivity contribution in [3.8, 4) is 0 Å². The number of esters is 1. The third-order valence-corrected chi connectivity index (χ3v) is 4.79. The van der Waals surface area contributed by atoms with Crippen molar-refractivity contribution < 1.29 is 37.0 Å². The number of carbonyl (C=O) groups excluding carboxylic acids is 2. The smallest absolute Gasteiger partial charge is 0.416 e. The minimum Gasteiger partial charge on any atom is -0.507 e. The Morgan fingerprint density at radius 3 is 2.50 bits per heavy atom. The van der Waals surface area contributed by atoms with Gasteiger partial charge in [0, 0.05) is 5.56 Å². The molecule has 2 aromatic rings. The molecule has 1 N–H and O–H groups in total. The average Bonchev–Trinajstić information content (AvgIpc) is 2.79. The first-order chi connectivity index (χ1) is 14.0. The molecule has 0 saturated heterocycles. The fourth-order valence-corrected chi connectivity index (χ4v) is 3.14. The molecule has 3 rings (SSSR count). The largest absolute Gasteiger partial charge is 0.507 e. The molecule has 0 aliphatic carbocycles. The molecule has 1 aliphatic heterocycles. The van der Waals surface area contributed by atoms with Crippen molar-refractivity contribution in [2.75, 3.05) is 12.0 Å². The second-order valence-corrected chi connectivity index (χ2v) is 6.79. The van der Waals surface area contributed by atoms with E-state index in [4.69, 9.17) is 0 Å². The van der Waals surface area contributed by atoms with E-state index in [1.54, 1.807) is 13.0 Å². The Kier molecular flexibility index (Phi) is 5.56. The number of alkyl halides is 3. The van der Waals surface area contributed by atoms with Crippen molar-refractivity contribution in [3.05, 3.63) is 70.0 Å². The Hall–Kier alpha value is -3.36. The molecule has 5 nitrogen and oxygen atoms in total. The minimum absolute atomic E-state index is 0.137. The molecule has 1 amide bonds. The monoisotopic (exact) mass is 423 g/mol. The van der Waals surface area contributed by atoms with Gasteiger partial charge in [0.05, 0.1) is 36.9 Å². The first-order valence-electron chi connectivity index (χ1n) is 8.80. The Balaban J connectivity index is 2.17. The molecule has 0 radical (unpaired) electrons. The van der Waals surface area contributed by atoms with E-state index < -0.39 is 41.6 Å². The summed E-state index contributed by atoms with van der Waals surface area (Å²) in [5.41, 5.74) is -1.09. The molecule has 9 heteroatoms. The zero-order valence-corrected chi connectivity index (χ0v) is 16.0. The lowest BCUT2D eigenvalue weighted by Gasteiger charge is -2.24. The number of carbonyl (C=O) groups is 2. The molecule has 0 atom stereocenters. The third-order valence-electron chi connectivity index (χ3n) is 4.79. The van der Waals surface area contributed by atoms with E-state index in [2.05, 4.69) is 4.74 Å². The van der Waals surface area contributed by atoms with Crippen molar-refractivity contribution in [2.45, 2.75) is 26.1 Å². The van der Waals surface area contributed by atoms with Crippen LogP contribution in [0.3, 0.4) is 0 Å². The number of methoxy groups -OCH3 is 1. The number of aryl methyl sites for hydroxylation is 1. The number of fused-ring (bicyclic) bond motifs is 1. The summed E-state index contributed by atoms with van der Waals surface area (Å²) in [7, 11) is 1.05. The Labute approximate surface area is 169 Å². The summed E-state index contributed by atoms with van der Waals surface area (Å²) >= 11 is 0. The van der Waals surface area contributed by atoms with Crippen LogP contribution in [0.2, 0.25) is 0 Å². The topological polar surface area (TPSA) is 66.8 Å². The highest BCUT2D eigenvalue weighted by Gasteiger charge is 2.36. The molecular weight excluding hydrogens is 406 g/mol. The van der Waals surface area contributed by atoms with E-state index in [1.807, 2.05) is 0 Å². The minimum atomic E-state index is -4.70. The normalized spacial score (nSPS) is 14.5. The van der Waals surface area contributed by atoms with Gasteiger partial charge in [-0.05, 0) is 42.3 Å². The Morgan fingerprint density at radius 1 is 1.20 bits per heavy atom. The Morgan fingerprint density at radius 2 is 1.90 bits per heavy atom. The number of amides is 1. The summed E-state index contributed by atoms with van der Waals surface area (Å²) < 4.78 is 58.3. The van der Waals surface area contributed by atoms with Crippen LogP contribution < -0.4 is 4.90 Å². The predicted octanol–water partition coefficient (Wildman–Crippen LogP) is 4.53. The van der Waals surface area contributed by atoms with Crippen LogP contribution in [0.5, 0.6) is 0 Å². The van der Waals surface area contributed by atoms with Crippen LogP contribution in [-0.4, -0.2) is 24.1 Å². The number of benzene rings is 2. The molecule has 30 heavy (non-hydrogen) atoms. The molecule has 1 heterocycles. The number of nitrogens with zero attached hydrogens (tertiary/aromatic N) is 1. The summed E-state index contributed by atoms with van der Waals surface area (Å²) in [4.78, 5) is 25.9. The molecule has 0 fully saturated rings. The predicted molar refractivity (Wildman–Crippen MR) is 100.0 cm³/mol. The van der Waals surface area contributed by atoms with Gasteiger partial charge in [-0.2, -0.15) is 13.2 Å². The zero-order valence-electron chi connectivity index (χ0n) is 16.0. The van der Waals surface area contributed by atoms with Gasteiger partial charge >= 0.3 is 12.1 Å². The summed E-state index contributed by atoms with van der Waals surface area (Å²) in [6.45, 7) is 1.29.